The Morgan fingerprint density at radius 3 is 2.39 bits per heavy atom. The van der Waals surface area contributed by atoms with Crippen molar-refractivity contribution in [3.63, 3.8) is 0 Å². The highest BCUT2D eigenvalue weighted by Gasteiger charge is 1.96. The Kier molecular flexibility index (Phi) is 7.37. The Morgan fingerprint density at radius 2 is 1.72 bits per heavy atom. The van der Waals surface area contributed by atoms with E-state index in [1.54, 1.807) is 0 Å². The molecule has 0 atom stereocenters. The van der Waals surface area contributed by atoms with Crippen LogP contribution in [-0.2, 0) is 9.53 Å². The molecule has 3 heteroatoms. The van der Waals surface area contributed by atoms with Gasteiger partial charge >= 0.3 is 5.97 Å². The van der Waals surface area contributed by atoms with Gasteiger partial charge in [0, 0.05) is 6.08 Å². The molecule has 0 saturated heterocycles. The van der Waals surface area contributed by atoms with Crippen LogP contribution in [0.25, 0.3) is 0 Å². The summed E-state index contributed by atoms with van der Waals surface area (Å²) in [5.41, 5.74) is 0. The normalized spacial score (nSPS) is 9.78. The molecule has 0 aliphatic carbocycles. The van der Waals surface area contributed by atoms with Crippen LogP contribution in [0.1, 0.15) is 25.7 Å². The fourth-order valence-electron chi connectivity index (χ4n) is 1.50. The first-order valence-electron chi connectivity index (χ1n) is 6.30. The number of para-hydroxylation sites is 1. The summed E-state index contributed by atoms with van der Waals surface area (Å²) in [7, 11) is 0. The summed E-state index contributed by atoms with van der Waals surface area (Å²) in [6, 6.07) is 9.80. The molecule has 0 spiro atoms. The number of benzene rings is 1. The number of carbonyl (C=O) groups excluding carboxylic acids is 1. The first-order chi connectivity index (χ1) is 8.83. The topological polar surface area (TPSA) is 35.5 Å². The zero-order chi connectivity index (χ0) is 13.1. The summed E-state index contributed by atoms with van der Waals surface area (Å²) < 4.78 is 10.4. The Bertz CT molecular complexity index is 346. The van der Waals surface area contributed by atoms with Gasteiger partial charge in [0.2, 0.25) is 0 Å². The van der Waals surface area contributed by atoms with Crippen LogP contribution in [0.2, 0.25) is 0 Å². The van der Waals surface area contributed by atoms with Crippen LogP contribution in [0.4, 0.5) is 0 Å². The minimum atomic E-state index is -0.345. The molecule has 1 aromatic carbocycles. The van der Waals surface area contributed by atoms with Gasteiger partial charge in [-0.25, -0.2) is 4.79 Å². The van der Waals surface area contributed by atoms with Gasteiger partial charge in [-0.05, 0) is 37.8 Å². The molecule has 0 saturated carbocycles. The second-order valence-electron chi connectivity index (χ2n) is 3.95. The lowest BCUT2D eigenvalue weighted by Gasteiger charge is -2.05. The standard InChI is InChI=1S/C15H20O3/c1-2-15(16)18-13-9-4-3-8-12-17-14-10-6-5-7-11-14/h2,5-7,10-11H,1,3-4,8-9,12-13H2. The number of hydrogen-bond donors (Lipinski definition) is 0. The summed E-state index contributed by atoms with van der Waals surface area (Å²) in [4.78, 5) is 10.7. The van der Waals surface area contributed by atoms with E-state index in [0.717, 1.165) is 38.0 Å². The Hall–Kier alpha value is -1.77. The molecule has 0 N–H and O–H groups in total. The molecule has 0 radical (unpaired) electrons. The number of hydrogen-bond acceptors (Lipinski definition) is 3. The molecule has 0 aliphatic heterocycles. The van der Waals surface area contributed by atoms with Gasteiger partial charge < -0.3 is 9.47 Å². The van der Waals surface area contributed by atoms with E-state index < -0.39 is 0 Å². The van der Waals surface area contributed by atoms with Gasteiger partial charge in [0.25, 0.3) is 0 Å². The summed E-state index contributed by atoms with van der Waals surface area (Å²) >= 11 is 0. The smallest absolute Gasteiger partial charge is 0.330 e. The number of ether oxygens (including phenoxy) is 2. The van der Waals surface area contributed by atoms with Gasteiger partial charge in [0.1, 0.15) is 5.75 Å². The highest BCUT2D eigenvalue weighted by atomic mass is 16.5. The summed E-state index contributed by atoms with van der Waals surface area (Å²) in [5.74, 6) is 0.569. The van der Waals surface area contributed by atoms with Crippen molar-refractivity contribution in [2.45, 2.75) is 25.7 Å². The van der Waals surface area contributed by atoms with Gasteiger partial charge in [-0.2, -0.15) is 0 Å². The van der Waals surface area contributed by atoms with Gasteiger partial charge in [-0.15, -0.1) is 0 Å². The number of unbranched alkanes of at least 4 members (excludes halogenated alkanes) is 3. The van der Waals surface area contributed by atoms with Crippen molar-refractivity contribution < 1.29 is 14.3 Å². The molecule has 1 rings (SSSR count). The van der Waals surface area contributed by atoms with Crippen LogP contribution in [0, 0.1) is 0 Å². The molecule has 1 aromatic rings. The van der Waals surface area contributed by atoms with Crippen molar-refractivity contribution in [1.82, 2.24) is 0 Å². The Morgan fingerprint density at radius 1 is 1.06 bits per heavy atom. The maximum Gasteiger partial charge on any atom is 0.330 e. The quantitative estimate of drug-likeness (QED) is 0.382. The monoisotopic (exact) mass is 248 g/mol. The van der Waals surface area contributed by atoms with Gasteiger partial charge in [0.05, 0.1) is 13.2 Å². The van der Waals surface area contributed by atoms with Gasteiger partial charge in [-0.3, -0.25) is 0 Å². The Balaban J connectivity index is 1.90. The number of esters is 1. The number of rotatable bonds is 9. The first-order valence-corrected chi connectivity index (χ1v) is 6.30. The van der Waals surface area contributed by atoms with E-state index in [1.165, 1.54) is 6.08 Å². The molecule has 18 heavy (non-hydrogen) atoms. The summed E-state index contributed by atoms with van der Waals surface area (Å²) in [6.45, 7) is 4.55. The molecule has 0 aromatic heterocycles. The zero-order valence-electron chi connectivity index (χ0n) is 10.6. The van der Waals surface area contributed by atoms with E-state index in [9.17, 15) is 4.79 Å². The number of carbonyl (C=O) groups is 1. The average Bonchev–Trinajstić information content (AvgIpc) is 2.42. The largest absolute Gasteiger partial charge is 0.494 e. The van der Waals surface area contributed by atoms with Crippen LogP contribution in [0.15, 0.2) is 43.0 Å². The zero-order valence-corrected chi connectivity index (χ0v) is 10.6. The summed E-state index contributed by atoms with van der Waals surface area (Å²) in [5, 5.41) is 0. The van der Waals surface area contributed by atoms with E-state index in [2.05, 4.69) is 6.58 Å². The van der Waals surface area contributed by atoms with E-state index >= 15 is 0 Å². The van der Waals surface area contributed by atoms with E-state index in [0.29, 0.717) is 6.61 Å². The minimum Gasteiger partial charge on any atom is -0.494 e. The van der Waals surface area contributed by atoms with Crippen LogP contribution < -0.4 is 4.74 Å². The third-order valence-corrected chi connectivity index (χ3v) is 2.46. The van der Waals surface area contributed by atoms with Gasteiger partial charge in [0.15, 0.2) is 0 Å². The predicted octanol–water partition coefficient (Wildman–Crippen LogP) is 3.36. The highest BCUT2D eigenvalue weighted by molar-refractivity contribution is 5.81. The van der Waals surface area contributed by atoms with Crippen molar-refractivity contribution in [3.8, 4) is 5.75 Å². The molecule has 0 amide bonds. The van der Waals surface area contributed by atoms with E-state index in [1.807, 2.05) is 30.3 Å². The van der Waals surface area contributed by atoms with Crippen molar-refractivity contribution >= 4 is 5.97 Å². The maximum atomic E-state index is 10.7. The second-order valence-corrected chi connectivity index (χ2v) is 3.95. The maximum absolute atomic E-state index is 10.7. The van der Waals surface area contributed by atoms with Crippen LogP contribution in [-0.4, -0.2) is 19.2 Å². The van der Waals surface area contributed by atoms with Gasteiger partial charge in [-0.1, -0.05) is 24.8 Å². The molecule has 3 nitrogen and oxygen atoms in total. The average molecular weight is 248 g/mol. The van der Waals surface area contributed by atoms with Crippen LogP contribution in [0.3, 0.4) is 0 Å². The third-order valence-electron chi connectivity index (χ3n) is 2.46. The summed E-state index contributed by atoms with van der Waals surface area (Å²) in [6.07, 6.45) is 5.23. The molecule has 0 unspecified atom stereocenters. The predicted molar refractivity (Wildman–Crippen MR) is 71.6 cm³/mol. The molecule has 0 heterocycles. The van der Waals surface area contributed by atoms with E-state index in [4.69, 9.17) is 9.47 Å². The van der Waals surface area contributed by atoms with Crippen LogP contribution >= 0.6 is 0 Å². The van der Waals surface area contributed by atoms with E-state index in [-0.39, 0.29) is 5.97 Å². The highest BCUT2D eigenvalue weighted by Crippen LogP contribution is 2.09. The molecular formula is C15H20O3. The first kappa shape index (κ1) is 14.3. The lowest BCUT2D eigenvalue weighted by molar-refractivity contribution is -0.137. The second kappa shape index (κ2) is 9.28. The lowest BCUT2D eigenvalue weighted by atomic mass is 10.2. The third kappa shape index (κ3) is 6.74. The SMILES string of the molecule is C=CC(=O)OCCCCCCOc1ccccc1. The van der Waals surface area contributed by atoms with Crippen molar-refractivity contribution in [2.24, 2.45) is 0 Å². The Labute approximate surface area is 108 Å². The molecule has 98 valence electrons. The molecule has 0 bridgehead atoms. The molecule has 0 aliphatic rings. The molecular weight excluding hydrogens is 228 g/mol. The lowest BCUT2D eigenvalue weighted by Crippen LogP contribution is -2.02. The van der Waals surface area contributed by atoms with Crippen molar-refractivity contribution in [1.29, 1.82) is 0 Å². The minimum absolute atomic E-state index is 0.345. The van der Waals surface area contributed by atoms with Crippen molar-refractivity contribution in [2.75, 3.05) is 13.2 Å². The molecule has 0 fully saturated rings. The fourth-order valence-corrected chi connectivity index (χ4v) is 1.50. The van der Waals surface area contributed by atoms with Crippen molar-refractivity contribution in [3.05, 3.63) is 43.0 Å². The van der Waals surface area contributed by atoms with Crippen LogP contribution in [0.5, 0.6) is 5.75 Å². The fraction of sp³-hybridized carbons (Fsp3) is 0.400.